The van der Waals surface area contributed by atoms with Gasteiger partial charge in [0.15, 0.2) is 13.6 Å². The molecule has 0 amide bonds. The second-order valence-corrected chi connectivity index (χ2v) is 10.5. The zero-order valence-electron chi connectivity index (χ0n) is 17.3. The van der Waals surface area contributed by atoms with Crippen molar-refractivity contribution >= 4 is 11.6 Å². The van der Waals surface area contributed by atoms with Gasteiger partial charge >= 0.3 is 0 Å². The number of Topliss-reactive ketones (excluding diaryl/α,β-unsaturated/α-hetero) is 2. The molecule has 158 valence electrons. The fourth-order valence-electron chi connectivity index (χ4n) is 8.28. The van der Waals surface area contributed by atoms with Crippen LogP contribution < -0.4 is 0 Å². The van der Waals surface area contributed by atoms with Gasteiger partial charge in [0.05, 0.1) is 0 Å². The van der Waals surface area contributed by atoms with Gasteiger partial charge < -0.3 is 18.9 Å². The number of rotatable bonds is 0. The predicted molar refractivity (Wildman–Crippen MR) is 102 cm³/mol. The Labute approximate surface area is 171 Å². The molecule has 6 rings (SSSR count). The van der Waals surface area contributed by atoms with Crippen molar-refractivity contribution in [1.29, 1.82) is 0 Å². The summed E-state index contributed by atoms with van der Waals surface area (Å²) in [6.45, 7) is 5.23. The molecule has 4 aliphatic carbocycles. The average molecular weight is 402 g/mol. The summed E-state index contributed by atoms with van der Waals surface area (Å²) in [5.41, 5.74) is 0.0867. The van der Waals surface area contributed by atoms with Crippen LogP contribution in [0.2, 0.25) is 0 Å². The molecule has 29 heavy (non-hydrogen) atoms. The first kappa shape index (κ1) is 18.7. The van der Waals surface area contributed by atoms with Crippen molar-refractivity contribution in [2.24, 2.45) is 28.6 Å². The number of hydrogen-bond donors (Lipinski definition) is 0. The standard InChI is InChI=1S/C23H30O6/c1-20-7-5-15(24)9-14(20)3-4-16-17-6-8-22(21(17,2)10-18(25)19(16)20)23(29-13-27-22)11-26-12-28-23/h3,16-17,19H,4-13H2,1-2H3/t16-,17-,19+,20-,21-,22+,23?/m0/s1. The fraction of sp³-hybridized carbons (Fsp3) is 0.826. The highest BCUT2D eigenvalue weighted by molar-refractivity contribution is 5.88. The topological polar surface area (TPSA) is 71.1 Å². The van der Waals surface area contributed by atoms with Crippen LogP contribution in [0.25, 0.3) is 0 Å². The molecule has 0 radical (unpaired) electrons. The molecule has 1 unspecified atom stereocenters. The Morgan fingerprint density at radius 2 is 1.90 bits per heavy atom. The van der Waals surface area contributed by atoms with Gasteiger partial charge in [0.2, 0.25) is 5.79 Å². The molecule has 3 saturated carbocycles. The van der Waals surface area contributed by atoms with E-state index in [1.807, 2.05) is 0 Å². The van der Waals surface area contributed by atoms with Crippen LogP contribution in [0, 0.1) is 28.6 Å². The summed E-state index contributed by atoms with van der Waals surface area (Å²) in [4.78, 5) is 25.8. The highest BCUT2D eigenvalue weighted by atomic mass is 16.9. The Morgan fingerprint density at radius 3 is 2.69 bits per heavy atom. The quantitative estimate of drug-likeness (QED) is 0.580. The molecule has 7 atom stereocenters. The van der Waals surface area contributed by atoms with Crippen LogP contribution in [0.4, 0.5) is 0 Å². The van der Waals surface area contributed by atoms with E-state index in [-0.39, 0.29) is 30.3 Å². The molecule has 0 aromatic carbocycles. The SMILES string of the molecule is C[C@]12CCC(=O)CC1=CC[C@@H]1[C@@H]2C(=O)C[C@@]2(C)[C@H]1CC[C@@]21OCOC12COCO2. The molecule has 6 heteroatoms. The van der Waals surface area contributed by atoms with Crippen molar-refractivity contribution in [1.82, 2.24) is 0 Å². The summed E-state index contributed by atoms with van der Waals surface area (Å²) in [6.07, 6.45) is 7.45. The van der Waals surface area contributed by atoms with Gasteiger partial charge in [-0.1, -0.05) is 25.5 Å². The Balaban J connectivity index is 1.42. The van der Waals surface area contributed by atoms with Crippen molar-refractivity contribution in [3.63, 3.8) is 0 Å². The molecular formula is C23H30O6. The molecule has 5 fully saturated rings. The summed E-state index contributed by atoms with van der Waals surface area (Å²) < 4.78 is 23.9. The molecule has 2 aliphatic heterocycles. The van der Waals surface area contributed by atoms with Gasteiger partial charge in [-0.3, -0.25) is 9.59 Å². The zero-order chi connectivity index (χ0) is 20.1. The van der Waals surface area contributed by atoms with Gasteiger partial charge in [0, 0.05) is 30.6 Å². The number of ketones is 2. The Hall–Kier alpha value is -1.08. The lowest BCUT2D eigenvalue weighted by Gasteiger charge is -2.58. The third-order valence-electron chi connectivity index (χ3n) is 9.63. The van der Waals surface area contributed by atoms with Crippen molar-refractivity contribution in [2.45, 2.75) is 70.2 Å². The monoisotopic (exact) mass is 402 g/mol. The molecule has 6 aliphatic rings. The summed E-state index contributed by atoms with van der Waals surface area (Å²) in [6, 6.07) is 0. The average Bonchev–Trinajstić information content (AvgIpc) is 3.37. The first-order valence-electron chi connectivity index (χ1n) is 11.1. The zero-order valence-corrected chi connectivity index (χ0v) is 17.3. The number of fused-ring (bicyclic) bond motifs is 7. The van der Waals surface area contributed by atoms with Gasteiger partial charge in [-0.05, 0) is 42.9 Å². The number of allylic oxidation sites excluding steroid dienone is 2. The fourth-order valence-corrected chi connectivity index (χ4v) is 8.28. The molecule has 2 spiro atoms. The van der Waals surface area contributed by atoms with E-state index in [4.69, 9.17) is 18.9 Å². The van der Waals surface area contributed by atoms with Crippen molar-refractivity contribution < 1.29 is 28.5 Å². The molecule has 2 heterocycles. The minimum absolute atomic E-state index is 0.0165. The van der Waals surface area contributed by atoms with E-state index in [1.54, 1.807) is 0 Å². The lowest BCUT2D eigenvalue weighted by atomic mass is 9.46. The minimum atomic E-state index is -0.888. The summed E-state index contributed by atoms with van der Waals surface area (Å²) in [5, 5.41) is 0. The smallest absolute Gasteiger partial charge is 0.226 e. The van der Waals surface area contributed by atoms with Crippen LogP contribution in [0.15, 0.2) is 11.6 Å². The van der Waals surface area contributed by atoms with Gasteiger partial charge in [-0.15, -0.1) is 0 Å². The predicted octanol–water partition coefficient (Wildman–Crippen LogP) is 3.14. The van der Waals surface area contributed by atoms with Gasteiger partial charge in [-0.2, -0.15) is 0 Å². The lowest BCUT2D eigenvalue weighted by Crippen LogP contribution is -2.65. The third-order valence-corrected chi connectivity index (χ3v) is 9.63. The second kappa shape index (κ2) is 5.78. The van der Waals surface area contributed by atoms with Crippen molar-refractivity contribution in [3.05, 3.63) is 11.6 Å². The molecular weight excluding hydrogens is 372 g/mol. The highest BCUT2D eigenvalue weighted by Crippen LogP contribution is 2.70. The van der Waals surface area contributed by atoms with Crippen LogP contribution in [-0.2, 0) is 28.5 Å². The van der Waals surface area contributed by atoms with Crippen LogP contribution in [0.1, 0.15) is 58.8 Å². The number of carbonyl (C=O) groups excluding carboxylic acids is 2. The Morgan fingerprint density at radius 1 is 1.07 bits per heavy atom. The van der Waals surface area contributed by atoms with E-state index in [0.717, 1.165) is 25.7 Å². The van der Waals surface area contributed by atoms with E-state index in [0.29, 0.717) is 49.3 Å². The normalized spacial score (nSPS) is 53.9. The maximum atomic E-state index is 13.8. The van der Waals surface area contributed by atoms with E-state index in [2.05, 4.69) is 19.9 Å². The van der Waals surface area contributed by atoms with Crippen LogP contribution >= 0.6 is 0 Å². The second-order valence-electron chi connectivity index (χ2n) is 10.5. The van der Waals surface area contributed by atoms with Crippen LogP contribution in [-0.4, -0.2) is 43.1 Å². The van der Waals surface area contributed by atoms with E-state index >= 15 is 0 Å². The number of ether oxygens (including phenoxy) is 4. The van der Waals surface area contributed by atoms with Crippen molar-refractivity contribution in [3.8, 4) is 0 Å². The van der Waals surface area contributed by atoms with Crippen LogP contribution in [0.3, 0.4) is 0 Å². The van der Waals surface area contributed by atoms with E-state index < -0.39 is 11.4 Å². The maximum Gasteiger partial charge on any atom is 0.226 e. The van der Waals surface area contributed by atoms with E-state index in [1.165, 1.54) is 5.57 Å². The maximum absolute atomic E-state index is 13.8. The van der Waals surface area contributed by atoms with Crippen molar-refractivity contribution in [2.75, 3.05) is 20.2 Å². The molecule has 0 aromatic rings. The summed E-state index contributed by atoms with van der Waals surface area (Å²) in [5.74, 6) is 0.452. The molecule has 2 saturated heterocycles. The van der Waals surface area contributed by atoms with Gasteiger partial charge in [0.25, 0.3) is 0 Å². The summed E-state index contributed by atoms with van der Waals surface area (Å²) >= 11 is 0. The third kappa shape index (κ3) is 2.07. The molecule has 0 bridgehead atoms. The van der Waals surface area contributed by atoms with Gasteiger partial charge in [0.1, 0.15) is 23.8 Å². The number of hydrogen-bond acceptors (Lipinski definition) is 6. The lowest BCUT2D eigenvalue weighted by molar-refractivity contribution is -0.245. The molecule has 0 aromatic heterocycles. The number of carbonyl (C=O) groups is 2. The van der Waals surface area contributed by atoms with Gasteiger partial charge in [-0.25, -0.2) is 0 Å². The Bertz CT molecular complexity index is 807. The van der Waals surface area contributed by atoms with Crippen LogP contribution in [0.5, 0.6) is 0 Å². The first-order chi connectivity index (χ1) is 13.9. The Kier molecular flexibility index (Phi) is 3.72. The first-order valence-corrected chi connectivity index (χ1v) is 11.1. The molecule has 0 N–H and O–H groups in total. The highest BCUT2D eigenvalue weighted by Gasteiger charge is 2.76. The summed E-state index contributed by atoms with van der Waals surface area (Å²) in [7, 11) is 0. The largest absolute Gasteiger partial charge is 0.350 e. The van der Waals surface area contributed by atoms with E-state index in [9.17, 15) is 9.59 Å². The minimum Gasteiger partial charge on any atom is -0.350 e. The molecule has 6 nitrogen and oxygen atoms in total.